The second-order valence-electron chi connectivity index (χ2n) is 8.34. The average Bonchev–Trinajstić information content (AvgIpc) is 2.84. The molecule has 9 heteroatoms. The number of aryl methyl sites for hydroxylation is 1. The van der Waals surface area contributed by atoms with E-state index in [1.54, 1.807) is 45.4 Å². The Kier molecular flexibility index (Phi) is 7.92. The van der Waals surface area contributed by atoms with E-state index in [1.807, 2.05) is 6.92 Å². The van der Waals surface area contributed by atoms with Gasteiger partial charge in [-0.25, -0.2) is 12.8 Å². The van der Waals surface area contributed by atoms with E-state index in [4.69, 9.17) is 4.74 Å². The predicted octanol–water partition coefficient (Wildman–Crippen LogP) is 3.65. The number of rotatable bonds is 9. The third-order valence-corrected chi connectivity index (χ3v) is 7.67. The summed E-state index contributed by atoms with van der Waals surface area (Å²) < 4.78 is 45.0. The number of carbonyl (C=O) groups is 1. The number of sulfone groups is 1. The van der Waals surface area contributed by atoms with E-state index in [0.29, 0.717) is 27.8 Å². The van der Waals surface area contributed by atoms with Crippen LogP contribution in [-0.4, -0.2) is 38.7 Å². The zero-order chi connectivity index (χ0) is 25.9. The number of pyridine rings is 1. The number of nitrogens with one attached hydrogen (secondary N) is 1. The Morgan fingerprint density at radius 1 is 1.14 bits per heavy atom. The molecule has 0 aliphatic rings. The molecule has 0 amide bonds. The first-order valence-corrected chi connectivity index (χ1v) is 12.9. The van der Waals surface area contributed by atoms with E-state index in [-0.39, 0.29) is 40.2 Å². The van der Waals surface area contributed by atoms with Crippen LogP contribution in [0.3, 0.4) is 0 Å². The zero-order valence-corrected chi connectivity index (χ0v) is 21.2. The molecule has 3 aromatic rings. The summed E-state index contributed by atoms with van der Waals surface area (Å²) in [5, 5.41) is 3.11. The molecule has 0 aliphatic heterocycles. The van der Waals surface area contributed by atoms with E-state index in [0.717, 1.165) is 6.07 Å². The fraction of sp³-hybridized carbons (Fsp3) is 0.308. The van der Waals surface area contributed by atoms with Crippen LogP contribution in [0.1, 0.15) is 46.9 Å². The Morgan fingerprint density at radius 2 is 1.86 bits per heavy atom. The molecule has 0 aliphatic carbocycles. The molecule has 0 radical (unpaired) electrons. The van der Waals surface area contributed by atoms with Gasteiger partial charge in [0.15, 0.2) is 27.2 Å². The highest BCUT2D eigenvalue weighted by molar-refractivity contribution is 7.90. The predicted molar refractivity (Wildman–Crippen MR) is 134 cm³/mol. The van der Waals surface area contributed by atoms with E-state index >= 15 is 0 Å². The van der Waals surface area contributed by atoms with Crippen LogP contribution in [0.2, 0.25) is 0 Å². The van der Waals surface area contributed by atoms with Crippen LogP contribution >= 0.6 is 0 Å². The molecule has 7 nitrogen and oxygen atoms in total. The monoisotopic (exact) mass is 500 g/mol. The molecule has 1 heterocycles. The van der Waals surface area contributed by atoms with Crippen LogP contribution in [0.25, 0.3) is 11.1 Å². The van der Waals surface area contributed by atoms with Crippen molar-refractivity contribution in [3.05, 3.63) is 87.1 Å². The minimum absolute atomic E-state index is 0.0136. The molecule has 0 saturated carbocycles. The quantitative estimate of drug-likeness (QED) is 0.451. The van der Waals surface area contributed by atoms with Crippen LogP contribution in [0.5, 0.6) is 5.75 Å². The minimum Gasteiger partial charge on any atom is -0.494 e. The summed E-state index contributed by atoms with van der Waals surface area (Å²) in [7, 11) is 1.35. The lowest BCUT2D eigenvalue weighted by atomic mass is 9.89. The van der Waals surface area contributed by atoms with Crippen LogP contribution in [0, 0.1) is 5.82 Å². The van der Waals surface area contributed by atoms with E-state index in [2.05, 4.69) is 5.32 Å². The van der Waals surface area contributed by atoms with Gasteiger partial charge in [-0.1, -0.05) is 19.1 Å². The average molecular weight is 501 g/mol. The van der Waals surface area contributed by atoms with Crippen molar-refractivity contribution in [1.29, 1.82) is 0 Å². The lowest BCUT2D eigenvalue weighted by Gasteiger charge is -2.20. The molecule has 0 bridgehead atoms. The molecule has 3 rings (SSSR count). The van der Waals surface area contributed by atoms with Crippen LogP contribution in [0.15, 0.2) is 53.5 Å². The summed E-state index contributed by atoms with van der Waals surface area (Å²) in [6.45, 7) is 3.46. The van der Waals surface area contributed by atoms with E-state index < -0.39 is 15.7 Å². The Balaban J connectivity index is 2.30. The maximum absolute atomic E-state index is 14.0. The van der Waals surface area contributed by atoms with Gasteiger partial charge in [0.1, 0.15) is 0 Å². The van der Waals surface area contributed by atoms with Crippen LogP contribution in [-0.2, 0) is 22.6 Å². The highest BCUT2D eigenvalue weighted by atomic mass is 32.2. The van der Waals surface area contributed by atoms with Crippen molar-refractivity contribution in [3.8, 4) is 16.9 Å². The zero-order valence-electron chi connectivity index (χ0n) is 20.4. The Morgan fingerprint density at radius 3 is 2.49 bits per heavy atom. The number of nitrogens with zero attached hydrogens (tertiary/aromatic N) is 1. The fourth-order valence-electron chi connectivity index (χ4n) is 3.80. The Bertz CT molecular complexity index is 1430. The summed E-state index contributed by atoms with van der Waals surface area (Å²) in [5.41, 5.74) is 2.57. The lowest BCUT2D eigenvalue weighted by Crippen LogP contribution is -2.22. The molecule has 1 N–H and O–H groups in total. The molecular formula is C26H29FN2O5S. The van der Waals surface area contributed by atoms with Crippen molar-refractivity contribution in [2.75, 3.05) is 19.9 Å². The molecule has 0 saturated heterocycles. The lowest BCUT2D eigenvalue weighted by molar-refractivity contribution is 0.103. The van der Waals surface area contributed by atoms with Gasteiger partial charge in [0.05, 0.1) is 12.9 Å². The third kappa shape index (κ3) is 5.68. The number of ketones is 1. The summed E-state index contributed by atoms with van der Waals surface area (Å²) in [5.74, 6) is -1.24. The van der Waals surface area contributed by atoms with Crippen molar-refractivity contribution in [1.82, 2.24) is 9.88 Å². The van der Waals surface area contributed by atoms with Crippen molar-refractivity contribution in [3.63, 3.8) is 0 Å². The van der Waals surface area contributed by atoms with Crippen molar-refractivity contribution in [2.24, 2.45) is 7.05 Å². The van der Waals surface area contributed by atoms with Gasteiger partial charge in [-0.15, -0.1) is 0 Å². The number of benzene rings is 2. The second kappa shape index (κ2) is 10.5. The van der Waals surface area contributed by atoms with Gasteiger partial charge in [0.2, 0.25) is 0 Å². The standard InChI is InChI=1S/C26H29FN2O5S/c1-6-35(32,33)15-17-7-9-19(26(31)18-8-10-23(27)24(12-18)34-5)21(11-17)22-14-29(4)25(30)13-20(22)16(2)28-3/h7-14,16,28H,6,15H2,1-5H3/t16-/m0/s1. The van der Waals surface area contributed by atoms with Gasteiger partial charge >= 0.3 is 0 Å². The molecule has 0 unspecified atom stereocenters. The third-order valence-electron chi connectivity index (χ3n) is 6.02. The maximum Gasteiger partial charge on any atom is 0.250 e. The van der Waals surface area contributed by atoms with Gasteiger partial charge in [0.25, 0.3) is 5.56 Å². The molecule has 186 valence electrons. The number of hydrogen-bond donors (Lipinski definition) is 1. The first-order chi connectivity index (χ1) is 16.5. The molecule has 1 aromatic heterocycles. The van der Waals surface area contributed by atoms with Crippen molar-refractivity contribution in [2.45, 2.75) is 25.6 Å². The number of carbonyl (C=O) groups excluding carboxylic acids is 1. The molecule has 0 spiro atoms. The highest BCUT2D eigenvalue weighted by Gasteiger charge is 2.22. The fourth-order valence-corrected chi connectivity index (χ4v) is 4.69. The largest absolute Gasteiger partial charge is 0.494 e. The first-order valence-electron chi connectivity index (χ1n) is 11.1. The number of hydrogen-bond acceptors (Lipinski definition) is 6. The number of methoxy groups -OCH3 is 1. The van der Waals surface area contributed by atoms with E-state index in [9.17, 15) is 22.4 Å². The van der Waals surface area contributed by atoms with Crippen LogP contribution < -0.4 is 15.6 Å². The maximum atomic E-state index is 14.0. The summed E-state index contributed by atoms with van der Waals surface area (Å²) in [6.07, 6.45) is 1.64. The topological polar surface area (TPSA) is 94.5 Å². The summed E-state index contributed by atoms with van der Waals surface area (Å²) in [6, 6.07) is 9.99. The van der Waals surface area contributed by atoms with Crippen LogP contribution in [0.4, 0.5) is 4.39 Å². The first kappa shape index (κ1) is 26.3. The van der Waals surface area contributed by atoms with Gasteiger partial charge in [-0.3, -0.25) is 9.59 Å². The minimum atomic E-state index is -3.33. The van der Waals surface area contributed by atoms with Gasteiger partial charge in [0, 0.05) is 47.8 Å². The van der Waals surface area contributed by atoms with Gasteiger partial charge in [-0.05, 0) is 54.9 Å². The molecule has 35 heavy (non-hydrogen) atoms. The summed E-state index contributed by atoms with van der Waals surface area (Å²) in [4.78, 5) is 26.0. The highest BCUT2D eigenvalue weighted by Crippen LogP contribution is 2.33. The molecule has 0 fully saturated rings. The second-order valence-corrected chi connectivity index (χ2v) is 10.7. The normalized spacial score (nSPS) is 12.4. The van der Waals surface area contributed by atoms with Gasteiger partial charge in [-0.2, -0.15) is 0 Å². The van der Waals surface area contributed by atoms with E-state index in [1.165, 1.54) is 29.9 Å². The number of aromatic nitrogens is 1. The number of ether oxygens (including phenoxy) is 1. The smallest absolute Gasteiger partial charge is 0.250 e. The SMILES string of the molecule is CCS(=O)(=O)Cc1ccc(C(=O)c2ccc(F)c(OC)c2)c(-c2cn(C)c(=O)cc2[C@H](C)NC)c1. The molecule has 1 atom stereocenters. The molecule has 2 aromatic carbocycles. The van der Waals surface area contributed by atoms with Crippen molar-refractivity contribution >= 4 is 15.6 Å². The molecular weight excluding hydrogens is 471 g/mol. The Hall–Kier alpha value is -3.30. The Labute approximate surface area is 204 Å². The number of halogens is 1. The van der Waals surface area contributed by atoms with Gasteiger partial charge < -0.3 is 14.6 Å². The van der Waals surface area contributed by atoms with Crippen molar-refractivity contribution < 1.29 is 22.3 Å². The summed E-state index contributed by atoms with van der Waals surface area (Å²) >= 11 is 0.